The average Bonchev–Trinajstić information content (AvgIpc) is 2.64. The molecule has 0 heterocycles. The first-order chi connectivity index (χ1) is 11.6. The Morgan fingerprint density at radius 1 is 1.17 bits per heavy atom. The number of hydrogen-bond acceptors (Lipinski definition) is 3. The Kier molecular flexibility index (Phi) is 7.25. The molecule has 0 radical (unpaired) electrons. The summed E-state index contributed by atoms with van der Waals surface area (Å²) in [7, 11) is 1.60. The van der Waals surface area contributed by atoms with Crippen LogP contribution >= 0.6 is 0 Å². The van der Waals surface area contributed by atoms with Crippen LogP contribution in [-0.4, -0.2) is 31.1 Å². The lowest BCUT2D eigenvalue weighted by Gasteiger charge is -2.26. The van der Waals surface area contributed by atoms with E-state index in [9.17, 15) is 9.59 Å². The van der Waals surface area contributed by atoms with Crippen LogP contribution in [0.1, 0.15) is 61.4 Å². The van der Waals surface area contributed by atoms with E-state index < -0.39 is 0 Å². The Morgan fingerprint density at radius 3 is 2.42 bits per heavy atom. The summed E-state index contributed by atoms with van der Waals surface area (Å²) in [5.41, 5.74) is 1.57. The minimum atomic E-state index is -0.377. The van der Waals surface area contributed by atoms with Crippen molar-refractivity contribution in [3.8, 4) is 0 Å². The Balaban J connectivity index is 1.82. The van der Waals surface area contributed by atoms with Gasteiger partial charge in [-0.15, -0.1) is 0 Å². The van der Waals surface area contributed by atoms with Crippen molar-refractivity contribution in [2.24, 2.45) is 0 Å². The molecular weight excluding hydrogens is 304 g/mol. The number of ether oxygens (including phenoxy) is 1. The van der Waals surface area contributed by atoms with Crippen molar-refractivity contribution >= 4 is 11.8 Å². The molecule has 2 amide bonds. The van der Waals surface area contributed by atoms with Gasteiger partial charge in [0, 0.05) is 19.2 Å². The van der Waals surface area contributed by atoms with Gasteiger partial charge in [-0.25, -0.2) is 0 Å². The van der Waals surface area contributed by atoms with Gasteiger partial charge >= 0.3 is 0 Å². The summed E-state index contributed by atoms with van der Waals surface area (Å²) in [5, 5.41) is 5.52. The van der Waals surface area contributed by atoms with Gasteiger partial charge in [-0.3, -0.25) is 9.59 Å². The fraction of sp³-hybridized carbons (Fsp3) is 0.579. The molecule has 5 heteroatoms. The minimum Gasteiger partial charge on any atom is -0.365 e. The van der Waals surface area contributed by atoms with E-state index in [0.717, 1.165) is 18.4 Å². The zero-order chi connectivity index (χ0) is 17.4. The zero-order valence-corrected chi connectivity index (χ0v) is 14.6. The second-order valence-corrected chi connectivity index (χ2v) is 6.29. The van der Waals surface area contributed by atoms with Crippen molar-refractivity contribution in [2.45, 2.75) is 64.2 Å². The van der Waals surface area contributed by atoms with Crippen LogP contribution in [0, 0.1) is 0 Å². The molecule has 2 N–H and O–H groups in total. The minimum absolute atomic E-state index is 0.0570. The molecule has 1 unspecified atom stereocenters. The maximum atomic E-state index is 12.3. The van der Waals surface area contributed by atoms with Crippen LogP contribution in [0.25, 0.3) is 0 Å². The van der Waals surface area contributed by atoms with Gasteiger partial charge in [0.1, 0.15) is 6.10 Å². The summed E-state index contributed by atoms with van der Waals surface area (Å²) < 4.78 is 5.99. The molecule has 1 aromatic rings. The Labute approximate surface area is 144 Å². The first-order valence-electron chi connectivity index (χ1n) is 8.88. The third kappa shape index (κ3) is 5.34. The smallest absolute Gasteiger partial charge is 0.251 e. The van der Waals surface area contributed by atoms with Crippen molar-refractivity contribution < 1.29 is 14.3 Å². The highest BCUT2D eigenvalue weighted by Gasteiger charge is 2.23. The van der Waals surface area contributed by atoms with Crippen molar-refractivity contribution in [3.63, 3.8) is 0 Å². The fourth-order valence-electron chi connectivity index (χ4n) is 3.00. The summed E-state index contributed by atoms with van der Waals surface area (Å²) in [5.74, 6) is -0.170. The maximum absolute atomic E-state index is 12.3. The van der Waals surface area contributed by atoms with Crippen LogP contribution in [-0.2, 0) is 16.1 Å². The Morgan fingerprint density at radius 2 is 1.83 bits per heavy atom. The topological polar surface area (TPSA) is 67.4 Å². The van der Waals surface area contributed by atoms with Crippen molar-refractivity contribution in [2.75, 3.05) is 7.05 Å². The van der Waals surface area contributed by atoms with Gasteiger partial charge in [0.25, 0.3) is 5.91 Å². The predicted octanol–water partition coefficient (Wildman–Crippen LogP) is 2.79. The lowest BCUT2D eigenvalue weighted by molar-refractivity contribution is -0.138. The molecule has 132 valence electrons. The molecule has 1 atom stereocenters. The zero-order valence-electron chi connectivity index (χ0n) is 14.6. The highest BCUT2D eigenvalue weighted by atomic mass is 16.5. The summed E-state index contributed by atoms with van der Waals surface area (Å²) in [6, 6.07) is 7.23. The van der Waals surface area contributed by atoms with E-state index in [4.69, 9.17) is 4.74 Å². The van der Waals surface area contributed by atoms with E-state index in [0.29, 0.717) is 18.5 Å². The van der Waals surface area contributed by atoms with Crippen LogP contribution in [0.5, 0.6) is 0 Å². The summed E-state index contributed by atoms with van der Waals surface area (Å²) in [6.45, 7) is 2.42. The number of benzene rings is 1. The molecule has 0 aromatic heterocycles. The lowest BCUT2D eigenvalue weighted by Crippen LogP contribution is -2.38. The number of carbonyl (C=O) groups is 2. The molecular formula is C19H28N2O3. The Bertz CT molecular complexity index is 536. The van der Waals surface area contributed by atoms with E-state index in [1.807, 2.05) is 19.1 Å². The van der Waals surface area contributed by atoms with E-state index in [1.165, 1.54) is 19.3 Å². The predicted molar refractivity (Wildman–Crippen MR) is 93.7 cm³/mol. The van der Waals surface area contributed by atoms with Crippen LogP contribution in [0.2, 0.25) is 0 Å². The van der Waals surface area contributed by atoms with E-state index in [2.05, 4.69) is 10.6 Å². The van der Waals surface area contributed by atoms with Gasteiger partial charge in [-0.2, -0.15) is 0 Å². The second-order valence-electron chi connectivity index (χ2n) is 6.29. The van der Waals surface area contributed by atoms with Gasteiger partial charge in [0.2, 0.25) is 5.91 Å². The Hall–Kier alpha value is -1.88. The quantitative estimate of drug-likeness (QED) is 0.807. The second kappa shape index (κ2) is 9.42. The van der Waals surface area contributed by atoms with Crippen molar-refractivity contribution in [1.29, 1.82) is 0 Å². The SMILES string of the molecule is CCC(OC1CCCCC1)C(=O)NCc1ccc(C(=O)NC)cc1. The third-order valence-corrected chi connectivity index (χ3v) is 4.48. The van der Waals surface area contributed by atoms with Gasteiger partial charge in [-0.1, -0.05) is 38.3 Å². The molecule has 1 saturated carbocycles. The summed E-state index contributed by atoms with van der Waals surface area (Å²) in [4.78, 5) is 23.9. The largest absolute Gasteiger partial charge is 0.365 e. The molecule has 1 fully saturated rings. The molecule has 2 rings (SSSR count). The van der Waals surface area contributed by atoms with Gasteiger partial charge in [0.05, 0.1) is 6.10 Å². The van der Waals surface area contributed by atoms with E-state index in [1.54, 1.807) is 19.2 Å². The fourth-order valence-corrected chi connectivity index (χ4v) is 3.00. The molecule has 1 aliphatic carbocycles. The van der Waals surface area contributed by atoms with Crippen molar-refractivity contribution in [1.82, 2.24) is 10.6 Å². The van der Waals surface area contributed by atoms with Crippen LogP contribution < -0.4 is 10.6 Å². The highest BCUT2D eigenvalue weighted by Crippen LogP contribution is 2.22. The normalized spacial score (nSPS) is 16.4. The van der Waals surface area contributed by atoms with Gasteiger partial charge < -0.3 is 15.4 Å². The lowest BCUT2D eigenvalue weighted by atomic mass is 9.97. The number of hydrogen-bond donors (Lipinski definition) is 2. The third-order valence-electron chi connectivity index (χ3n) is 4.48. The maximum Gasteiger partial charge on any atom is 0.251 e. The number of rotatable bonds is 7. The van der Waals surface area contributed by atoms with Crippen LogP contribution in [0.4, 0.5) is 0 Å². The monoisotopic (exact) mass is 332 g/mol. The standard InChI is InChI=1S/C19H28N2O3/c1-3-17(24-16-7-5-4-6-8-16)19(23)21-13-14-9-11-15(12-10-14)18(22)20-2/h9-12,16-17H,3-8,13H2,1-2H3,(H,20,22)(H,21,23). The molecule has 0 bridgehead atoms. The average molecular weight is 332 g/mol. The number of nitrogens with one attached hydrogen (secondary N) is 2. The van der Waals surface area contributed by atoms with E-state index in [-0.39, 0.29) is 24.0 Å². The molecule has 1 aliphatic rings. The van der Waals surface area contributed by atoms with Gasteiger partial charge in [0.15, 0.2) is 0 Å². The molecule has 0 spiro atoms. The molecule has 0 aliphatic heterocycles. The van der Waals surface area contributed by atoms with Crippen LogP contribution in [0.3, 0.4) is 0 Å². The molecule has 0 saturated heterocycles. The molecule has 5 nitrogen and oxygen atoms in total. The van der Waals surface area contributed by atoms with E-state index >= 15 is 0 Å². The highest BCUT2D eigenvalue weighted by molar-refractivity contribution is 5.93. The first-order valence-corrected chi connectivity index (χ1v) is 8.88. The number of amides is 2. The molecule has 1 aromatic carbocycles. The molecule has 24 heavy (non-hydrogen) atoms. The summed E-state index contributed by atoms with van der Waals surface area (Å²) >= 11 is 0. The summed E-state index contributed by atoms with van der Waals surface area (Å²) in [6.07, 6.45) is 6.31. The van der Waals surface area contributed by atoms with Crippen LogP contribution in [0.15, 0.2) is 24.3 Å². The van der Waals surface area contributed by atoms with Gasteiger partial charge in [-0.05, 0) is 37.0 Å². The number of carbonyl (C=O) groups excluding carboxylic acids is 2. The first kappa shape index (κ1) is 18.5. The van der Waals surface area contributed by atoms with Crippen molar-refractivity contribution in [3.05, 3.63) is 35.4 Å².